The molecule has 1 aromatic carbocycles. The van der Waals surface area contributed by atoms with Gasteiger partial charge in [-0.05, 0) is 30.5 Å². The first kappa shape index (κ1) is 8.12. The van der Waals surface area contributed by atoms with Gasteiger partial charge in [0.15, 0.2) is 0 Å². The van der Waals surface area contributed by atoms with Crippen molar-refractivity contribution < 1.29 is 9.84 Å². The number of hydrogen-bond acceptors (Lipinski definition) is 3. The molecule has 1 spiro atoms. The van der Waals surface area contributed by atoms with Gasteiger partial charge >= 0.3 is 0 Å². The van der Waals surface area contributed by atoms with E-state index in [1.807, 2.05) is 18.2 Å². The van der Waals surface area contributed by atoms with Gasteiger partial charge in [-0.2, -0.15) is 0 Å². The van der Waals surface area contributed by atoms with Crippen molar-refractivity contribution >= 4 is 5.69 Å². The van der Waals surface area contributed by atoms with E-state index in [0.29, 0.717) is 0 Å². The number of rotatable bonds is 1. The summed E-state index contributed by atoms with van der Waals surface area (Å²) in [6.45, 7) is 0.988. The van der Waals surface area contributed by atoms with Crippen molar-refractivity contribution in [1.29, 1.82) is 0 Å². The summed E-state index contributed by atoms with van der Waals surface area (Å²) in [6.07, 6.45) is 2.28. The number of benzene rings is 1. The molecule has 1 fully saturated rings. The highest BCUT2D eigenvalue weighted by Gasteiger charge is 2.47. The standard InChI is InChI=1S/C11H13NO2/c13-6-8-1-2-9-10(5-8)14-11(3-4-11)7-12-9/h1-2,5,12-13H,3-4,6-7H2. The van der Waals surface area contributed by atoms with E-state index >= 15 is 0 Å². The van der Waals surface area contributed by atoms with E-state index in [-0.39, 0.29) is 12.2 Å². The van der Waals surface area contributed by atoms with Crippen LogP contribution in [-0.2, 0) is 6.61 Å². The number of aliphatic hydroxyl groups excluding tert-OH is 1. The second kappa shape index (κ2) is 2.64. The van der Waals surface area contributed by atoms with Crippen molar-refractivity contribution in [1.82, 2.24) is 0 Å². The Labute approximate surface area is 82.7 Å². The molecular formula is C11H13NO2. The van der Waals surface area contributed by atoms with Crippen molar-refractivity contribution in [3.63, 3.8) is 0 Å². The summed E-state index contributed by atoms with van der Waals surface area (Å²) in [7, 11) is 0. The molecule has 3 rings (SSSR count). The van der Waals surface area contributed by atoms with Gasteiger partial charge in [0.25, 0.3) is 0 Å². The van der Waals surface area contributed by atoms with Crippen LogP contribution in [0.4, 0.5) is 5.69 Å². The molecule has 0 amide bonds. The van der Waals surface area contributed by atoms with Crippen LogP contribution in [-0.4, -0.2) is 17.3 Å². The van der Waals surface area contributed by atoms with Gasteiger partial charge in [-0.25, -0.2) is 0 Å². The van der Waals surface area contributed by atoms with Crippen LogP contribution >= 0.6 is 0 Å². The van der Waals surface area contributed by atoms with Gasteiger partial charge < -0.3 is 15.2 Å². The second-order valence-electron chi connectivity index (χ2n) is 4.13. The van der Waals surface area contributed by atoms with E-state index in [1.54, 1.807) is 0 Å². The zero-order valence-corrected chi connectivity index (χ0v) is 7.92. The van der Waals surface area contributed by atoms with Gasteiger partial charge in [0.05, 0.1) is 18.8 Å². The molecule has 0 atom stereocenters. The summed E-state index contributed by atoms with van der Waals surface area (Å²) in [4.78, 5) is 0. The molecule has 0 radical (unpaired) electrons. The molecule has 1 saturated carbocycles. The maximum Gasteiger partial charge on any atom is 0.143 e. The molecule has 0 saturated heterocycles. The monoisotopic (exact) mass is 191 g/mol. The first-order valence-electron chi connectivity index (χ1n) is 4.98. The molecule has 0 unspecified atom stereocenters. The average molecular weight is 191 g/mol. The van der Waals surface area contributed by atoms with Gasteiger partial charge in [-0.3, -0.25) is 0 Å². The fraction of sp³-hybridized carbons (Fsp3) is 0.455. The zero-order chi connectivity index (χ0) is 9.60. The number of fused-ring (bicyclic) bond motifs is 1. The summed E-state index contributed by atoms with van der Waals surface area (Å²) in [6, 6.07) is 5.80. The Morgan fingerprint density at radius 2 is 2.29 bits per heavy atom. The van der Waals surface area contributed by atoms with Crippen molar-refractivity contribution in [2.45, 2.75) is 25.0 Å². The van der Waals surface area contributed by atoms with Crippen LogP contribution < -0.4 is 10.1 Å². The van der Waals surface area contributed by atoms with E-state index in [2.05, 4.69) is 5.32 Å². The minimum Gasteiger partial charge on any atom is -0.483 e. The topological polar surface area (TPSA) is 41.5 Å². The minimum absolute atomic E-state index is 0.0705. The third-order valence-corrected chi connectivity index (χ3v) is 2.96. The Kier molecular flexibility index (Phi) is 1.53. The van der Waals surface area contributed by atoms with Crippen molar-refractivity contribution in [2.75, 3.05) is 11.9 Å². The molecule has 0 bridgehead atoms. The average Bonchev–Trinajstić information content (AvgIpc) is 2.97. The second-order valence-corrected chi connectivity index (χ2v) is 4.13. The largest absolute Gasteiger partial charge is 0.483 e. The van der Waals surface area contributed by atoms with Gasteiger partial charge in [0.1, 0.15) is 11.4 Å². The summed E-state index contributed by atoms with van der Waals surface area (Å²) in [5.41, 5.74) is 2.02. The minimum atomic E-state index is 0.0705. The van der Waals surface area contributed by atoms with Gasteiger partial charge in [-0.15, -0.1) is 0 Å². The molecule has 1 heterocycles. The first-order chi connectivity index (χ1) is 6.81. The van der Waals surface area contributed by atoms with Gasteiger partial charge in [0, 0.05) is 0 Å². The molecule has 0 aromatic heterocycles. The van der Waals surface area contributed by atoms with Crippen LogP contribution in [0.5, 0.6) is 5.75 Å². The summed E-state index contributed by atoms with van der Waals surface area (Å²) in [5.74, 6) is 0.889. The quantitative estimate of drug-likeness (QED) is 0.707. The zero-order valence-electron chi connectivity index (χ0n) is 7.92. The van der Waals surface area contributed by atoms with Crippen LogP contribution in [0.3, 0.4) is 0 Å². The maximum absolute atomic E-state index is 9.01. The lowest BCUT2D eigenvalue weighted by Crippen LogP contribution is -2.32. The predicted octanol–water partition coefficient (Wildman–Crippen LogP) is 1.52. The summed E-state index contributed by atoms with van der Waals surface area (Å²) in [5, 5.41) is 12.4. The highest BCUT2D eigenvalue weighted by atomic mass is 16.5. The van der Waals surface area contributed by atoms with E-state index in [1.165, 1.54) is 0 Å². The fourth-order valence-corrected chi connectivity index (χ4v) is 1.84. The smallest absolute Gasteiger partial charge is 0.143 e. The van der Waals surface area contributed by atoms with E-state index in [0.717, 1.165) is 36.4 Å². The highest BCUT2D eigenvalue weighted by molar-refractivity contribution is 5.60. The van der Waals surface area contributed by atoms with E-state index in [9.17, 15) is 0 Å². The number of anilines is 1. The molecule has 3 heteroatoms. The number of aliphatic hydroxyl groups is 1. The highest BCUT2D eigenvalue weighted by Crippen LogP contribution is 2.45. The molecule has 1 aliphatic heterocycles. The number of hydrogen-bond donors (Lipinski definition) is 2. The Balaban J connectivity index is 1.97. The van der Waals surface area contributed by atoms with Crippen molar-refractivity contribution in [3.05, 3.63) is 23.8 Å². The lowest BCUT2D eigenvalue weighted by atomic mass is 10.1. The Morgan fingerprint density at radius 1 is 1.43 bits per heavy atom. The SMILES string of the molecule is OCc1ccc2c(c1)OC1(CC1)CN2. The Morgan fingerprint density at radius 3 is 3.00 bits per heavy atom. The lowest BCUT2D eigenvalue weighted by molar-refractivity contribution is 0.183. The summed E-state index contributed by atoms with van der Waals surface area (Å²) < 4.78 is 5.90. The maximum atomic E-state index is 9.01. The predicted molar refractivity (Wildman–Crippen MR) is 53.4 cm³/mol. The Bertz CT molecular complexity index is 372. The molecule has 3 nitrogen and oxygen atoms in total. The third kappa shape index (κ3) is 1.16. The van der Waals surface area contributed by atoms with Crippen LogP contribution in [0.15, 0.2) is 18.2 Å². The van der Waals surface area contributed by atoms with Gasteiger partial charge in [0.2, 0.25) is 0 Å². The van der Waals surface area contributed by atoms with Crippen LogP contribution in [0, 0.1) is 0 Å². The van der Waals surface area contributed by atoms with Gasteiger partial charge in [-0.1, -0.05) is 6.07 Å². The summed E-state index contributed by atoms with van der Waals surface area (Å²) >= 11 is 0. The van der Waals surface area contributed by atoms with Crippen molar-refractivity contribution in [3.8, 4) is 5.75 Å². The lowest BCUT2D eigenvalue weighted by Gasteiger charge is -2.27. The molecule has 2 N–H and O–H groups in total. The molecule has 14 heavy (non-hydrogen) atoms. The Hall–Kier alpha value is -1.22. The number of nitrogens with one attached hydrogen (secondary N) is 1. The molecule has 1 aromatic rings. The van der Waals surface area contributed by atoms with Crippen LogP contribution in [0.25, 0.3) is 0 Å². The van der Waals surface area contributed by atoms with Crippen LogP contribution in [0.2, 0.25) is 0 Å². The number of ether oxygens (including phenoxy) is 1. The van der Waals surface area contributed by atoms with Crippen molar-refractivity contribution in [2.24, 2.45) is 0 Å². The molecule has 1 aliphatic carbocycles. The molecule has 2 aliphatic rings. The molecule has 74 valence electrons. The van der Waals surface area contributed by atoms with E-state index in [4.69, 9.17) is 9.84 Å². The molecular weight excluding hydrogens is 178 g/mol. The first-order valence-corrected chi connectivity index (χ1v) is 4.98. The fourth-order valence-electron chi connectivity index (χ4n) is 1.84. The third-order valence-electron chi connectivity index (χ3n) is 2.96. The normalized spacial score (nSPS) is 20.9. The van der Waals surface area contributed by atoms with E-state index < -0.39 is 0 Å². The van der Waals surface area contributed by atoms with Crippen LogP contribution in [0.1, 0.15) is 18.4 Å².